The van der Waals surface area contributed by atoms with Crippen LogP contribution in [0.5, 0.6) is 17.2 Å². The standard InChI is InChI=1S/C26H27NO5/c1-30-25-18-21(10-13-23(25)31-17-5-16-28)27-15-14-24(26(27)29)32-22-11-8-20(9-12-22)19-6-3-2-4-7-19/h2-4,6-13,18,24,28H,5,14-17H2,1H3. The van der Waals surface area contributed by atoms with Crippen molar-refractivity contribution in [3.63, 3.8) is 0 Å². The van der Waals surface area contributed by atoms with Gasteiger partial charge < -0.3 is 24.2 Å². The monoisotopic (exact) mass is 433 g/mol. The summed E-state index contributed by atoms with van der Waals surface area (Å²) < 4.78 is 17.1. The molecule has 1 fully saturated rings. The Bertz CT molecular complexity index is 1040. The highest BCUT2D eigenvalue weighted by atomic mass is 16.5. The summed E-state index contributed by atoms with van der Waals surface area (Å²) in [5, 5.41) is 8.92. The summed E-state index contributed by atoms with van der Waals surface area (Å²) >= 11 is 0. The largest absolute Gasteiger partial charge is 0.493 e. The van der Waals surface area contributed by atoms with Gasteiger partial charge in [-0.1, -0.05) is 42.5 Å². The van der Waals surface area contributed by atoms with Crippen LogP contribution < -0.4 is 19.1 Å². The predicted molar refractivity (Wildman–Crippen MR) is 123 cm³/mol. The van der Waals surface area contributed by atoms with Crippen molar-refractivity contribution in [1.29, 1.82) is 0 Å². The Balaban J connectivity index is 1.41. The summed E-state index contributed by atoms with van der Waals surface area (Å²) in [7, 11) is 1.56. The second kappa shape index (κ2) is 10.2. The van der Waals surface area contributed by atoms with E-state index in [4.69, 9.17) is 19.3 Å². The van der Waals surface area contributed by atoms with Gasteiger partial charge in [-0.3, -0.25) is 4.79 Å². The molecular formula is C26H27NO5. The zero-order chi connectivity index (χ0) is 22.3. The molecule has 32 heavy (non-hydrogen) atoms. The number of benzene rings is 3. The molecule has 3 aromatic carbocycles. The van der Waals surface area contributed by atoms with E-state index in [1.54, 1.807) is 24.1 Å². The third kappa shape index (κ3) is 4.86. The Kier molecular flexibility index (Phi) is 6.92. The van der Waals surface area contributed by atoms with Crippen molar-refractivity contribution >= 4 is 11.6 Å². The fraction of sp³-hybridized carbons (Fsp3) is 0.269. The Labute approximate surface area is 188 Å². The quantitative estimate of drug-likeness (QED) is 0.510. The van der Waals surface area contributed by atoms with Gasteiger partial charge in [-0.25, -0.2) is 0 Å². The lowest BCUT2D eigenvalue weighted by molar-refractivity contribution is -0.122. The summed E-state index contributed by atoms with van der Waals surface area (Å²) in [6.07, 6.45) is 0.626. The van der Waals surface area contributed by atoms with Crippen molar-refractivity contribution in [2.24, 2.45) is 0 Å². The number of anilines is 1. The number of rotatable bonds is 9. The summed E-state index contributed by atoms with van der Waals surface area (Å²) in [5.41, 5.74) is 2.98. The lowest BCUT2D eigenvalue weighted by Gasteiger charge is -2.19. The van der Waals surface area contributed by atoms with Gasteiger partial charge >= 0.3 is 0 Å². The molecule has 1 aliphatic rings. The topological polar surface area (TPSA) is 68.2 Å². The molecule has 0 aromatic heterocycles. The van der Waals surface area contributed by atoms with E-state index in [1.165, 1.54) is 0 Å². The van der Waals surface area contributed by atoms with E-state index in [9.17, 15) is 4.79 Å². The van der Waals surface area contributed by atoms with E-state index < -0.39 is 6.10 Å². The van der Waals surface area contributed by atoms with E-state index in [0.29, 0.717) is 43.2 Å². The molecule has 6 nitrogen and oxygen atoms in total. The van der Waals surface area contributed by atoms with Crippen LogP contribution in [0.4, 0.5) is 5.69 Å². The Morgan fingerprint density at radius 1 is 0.969 bits per heavy atom. The van der Waals surface area contributed by atoms with E-state index in [-0.39, 0.29) is 12.5 Å². The first-order chi connectivity index (χ1) is 15.7. The molecule has 1 heterocycles. The van der Waals surface area contributed by atoms with Crippen molar-refractivity contribution in [3.05, 3.63) is 72.8 Å². The van der Waals surface area contributed by atoms with Crippen LogP contribution in [0.1, 0.15) is 12.8 Å². The molecule has 166 valence electrons. The van der Waals surface area contributed by atoms with Crippen LogP contribution in [0.2, 0.25) is 0 Å². The van der Waals surface area contributed by atoms with Crippen molar-refractivity contribution in [2.75, 3.05) is 31.8 Å². The first-order valence-corrected chi connectivity index (χ1v) is 10.7. The number of carbonyl (C=O) groups excluding carboxylic acids is 1. The van der Waals surface area contributed by atoms with Gasteiger partial charge in [0.2, 0.25) is 0 Å². The molecule has 6 heteroatoms. The van der Waals surface area contributed by atoms with Crippen molar-refractivity contribution in [2.45, 2.75) is 18.9 Å². The van der Waals surface area contributed by atoms with Gasteiger partial charge in [0.15, 0.2) is 17.6 Å². The molecule has 1 unspecified atom stereocenters. The Morgan fingerprint density at radius 2 is 1.72 bits per heavy atom. The minimum absolute atomic E-state index is 0.0685. The van der Waals surface area contributed by atoms with Crippen LogP contribution >= 0.6 is 0 Å². The molecule has 4 rings (SSSR count). The minimum Gasteiger partial charge on any atom is -0.493 e. The number of carbonyl (C=O) groups is 1. The van der Waals surface area contributed by atoms with Crippen molar-refractivity contribution in [3.8, 4) is 28.4 Å². The number of methoxy groups -OCH3 is 1. The molecule has 0 spiro atoms. The van der Waals surface area contributed by atoms with Crippen LogP contribution in [-0.2, 0) is 4.79 Å². The number of hydrogen-bond donors (Lipinski definition) is 1. The minimum atomic E-state index is -0.524. The second-order valence-electron chi connectivity index (χ2n) is 7.54. The summed E-state index contributed by atoms with van der Waals surface area (Å²) in [6, 6.07) is 23.4. The summed E-state index contributed by atoms with van der Waals surface area (Å²) in [4.78, 5) is 14.7. The molecule has 3 aromatic rings. The number of aliphatic hydroxyl groups excluding tert-OH is 1. The Hall–Kier alpha value is -3.51. The number of aliphatic hydroxyl groups is 1. The van der Waals surface area contributed by atoms with Gasteiger partial charge in [0.1, 0.15) is 5.75 Å². The number of nitrogens with zero attached hydrogens (tertiary/aromatic N) is 1. The molecule has 1 aliphatic heterocycles. The highest BCUT2D eigenvalue weighted by Crippen LogP contribution is 2.34. The number of ether oxygens (including phenoxy) is 3. The van der Waals surface area contributed by atoms with E-state index in [0.717, 1.165) is 16.8 Å². The summed E-state index contributed by atoms with van der Waals surface area (Å²) in [5.74, 6) is 1.74. The SMILES string of the molecule is COc1cc(N2CCC(Oc3ccc(-c4ccccc4)cc3)C2=O)ccc1OCCCO. The predicted octanol–water partition coefficient (Wildman–Crippen LogP) is 4.31. The van der Waals surface area contributed by atoms with Crippen LogP contribution in [0, 0.1) is 0 Å². The number of hydrogen-bond acceptors (Lipinski definition) is 5. The van der Waals surface area contributed by atoms with Gasteiger partial charge in [0.05, 0.1) is 13.7 Å². The summed E-state index contributed by atoms with van der Waals surface area (Å²) in [6.45, 7) is 1.03. The van der Waals surface area contributed by atoms with Crippen LogP contribution in [0.25, 0.3) is 11.1 Å². The highest BCUT2D eigenvalue weighted by Gasteiger charge is 2.34. The van der Waals surface area contributed by atoms with Crippen molar-refractivity contribution < 1.29 is 24.1 Å². The molecule has 1 atom stereocenters. The maximum atomic E-state index is 13.0. The van der Waals surface area contributed by atoms with E-state index in [1.807, 2.05) is 48.5 Å². The molecule has 1 N–H and O–H groups in total. The zero-order valence-corrected chi connectivity index (χ0v) is 18.1. The normalized spacial score (nSPS) is 15.6. The van der Waals surface area contributed by atoms with Gasteiger partial charge in [-0.05, 0) is 35.4 Å². The average molecular weight is 434 g/mol. The van der Waals surface area contributed by atoms with E-state index >= 15 is 0 Å². The lowest BCUT2D eigenvalue weighted by Crippen LogP contribution is -2.32. The number of amides is 1. The first-order valence-electron chi connectivity index (χ1n) is 10.7. The van der Waals surface area contributed by atoms with Crippen molar-refractivity contribution in [1.82, 2.24) is 0 Å². The van der Waals surface area contributed by atoms with Gasteiger partial charge in [0.25, 0.3) is 5.91 Å². The molecular weight excluding hydrogens is 406 g/mol. The third-order valence-electron chi connectivity index (χ3n) is 5.42. The van der Waals surface area contributed by atoms with Gasteiger partial charge in [-0.15, -0.1) is 0 Å². The van der Waals surface area contributed by atoms with Crippen LogP contribution in [-0.4, -0.2) is 44.0 Å². The molecule has 1 saturated heterocycles. The zero-order valence-electron chi connectivity index (χ0n) is 18.1. The average Bonchev–Trinajstić information content (AvgIpc) is 3.20. The first kappa shape index (κ1) is 21.7. The van der Waals surface area contributed by atoms with Gasteiger partial charge in [0, 0.05) is 37.7 Å². The lowest BCUT2D eigenvalue weighted by atomic mass is 10.1. The molecule has 1 amide bonds. The molecule has 0 saturated carbocycles. The van der Waals surface area contributed by atoms with Crippen LogP contribution in [0.3, 0.4) is 0 Å². The van der Waals surface area contributed by atoms with Crippen LogP contribution in [0.15, 0.2) is 72.8 Å². The molecule has 0 bridgehead atoms. The smallest absolute Gasteiger partial charge is 0.268 e. The highest BCUT2D eigenvalue weighted by molar-refractivity contribution is 5.99. The van der Waals surface area contributed by atoms with Gasteiger partial charge in [-0.2, -0.15) is 0 Å². The third-order valence-corrected chi connectivity index (χ3v) is 5.42. The maximum absolute atomic E-state index is 13.0. The fourth-order valence-corrected chi connectivity index (χ4v) is 3.73. The Morgan fingerprint density at radius 3 is 2.44 bits per heavy atom. The molecule has 0 radical (unpaired) electrons. The maximum Gasteiger partial charge on any atom is 0.268 e. The fourth-order valence-electron chi connectivity index (χ4n) is 3.73. The second-order valence-corrected chi connectivity index (χ2v) is 7.54. The molecule has 0 aliphatic carbocycles. The van der Waals surface area contributed by atoms with E-state index in [2.05, 4.69) is 12.1 Å².